The van der Waals surface area contributed by atoms with Gasteiger partial charge in [0.2, 0.25) is 5.91 Å². The van der Waals surface area contributed by atoms with Crippen molar-refractivity contribution < 1.29 is 4.79 Å². The first-order valence-corrected chi connectivity index (χ1v) is 11.6. The SMILES string of the molecule is CC(C)(C)c1ccc(CNC(=O)C2Cc3ccccc3N2Cc2ccc(Cl)cc2Cl)cc1. The minimum atomic E-state index is -0.284. The number of halogens is 2. The van der Waals surface area contributed by atoms with Crippen LogP contribution in [-0.4, -0.2) is 11.9 Å². The maximum Gasteiger partial charge on any atom is 0.243 e. The minimum absolute atomic E-state index is 0.0196. The van der Waals surface area contributed by atoms with Gasteiger partial charge in [0.15, 0.2) is 0 Å². The van der Waals surface area contributed by atoms with E-state index in [0.717, 1.165) is 16.8 Å². The van der Waals surface area contributed by atoms with Crippen LogP contribution in [0, 0.1) is 0 Å². The van der Waals surface area contributed by atoms with Crippen molar-refractivity contribution in [2.45, 2.75) is 51.7 Å². The fraction of sp³-hybridized carbons (Fsp3) is 0.296. The molecule has 5 heteroatoms. The molecule has 0 bridgehead atoms. The predicted octanol–water partition coefficient (Wildman–Crippen LogP) is 6.54. The number of hydrogen-bond acceptors (Lipinski definition) is 2. The van der Waals surface area contributed by atoms with Gasteiger partial charge < -0.3 is 10.2 Å². The molecule has 1 aliphatic rings. The summed E-state index contributed by atoms with van der Waals surface area (Å²) in [6.45, 7) is 7.65. The zero-order chi connectivity index (χ0) is 22.9. The summed E-state index contributed by atoms with van der Waals surface area (Å²) in [7, 11) is 0. The molecule has 1 atom stereocenters. The Hall–Kier alpha value is -2.49. The molecule has 1 amide bonds. The number of anilines is 1. The van der Waals surface area contributed by atoms with E-state index in [-0.39, 0.29) is 17.4 Å². The summed E-state index contributed by atoms with van der Waals surface area (Å²) in [4.78, 5) is 15.4. The van der Waals surface area contributed by atoms with Crippen LogP contribution in [0.25, 0.3) is 0 Å². The van der Waals surface area contributed by atoms with Crippen LogP contribution in [0.5, 0.6) is 0 Å². The lowest BCUT2D eigenvalue weighted by Crippen LogP contribution is -2.44. The van der Waals surface area contributed by atoms with Crippen molar-refractivity contribution in [2.75, 3.05) is 4.90 Å². The van der Waals surface area contributed by atoms with Crippen molar-refractivity contribution in [1.29, 1.82) is 0 Å². The molecular weight excluding hydrogens is 439 g/mol. The third-order valence-electron chi connectivity index (χ3n) is 6.04. The molecule has 32 heavy (non-hydrogen) atoms. The van der Waals surface area contributed by atoms with Crippen LogP contribution in [-0.2, 0) is 29.7 Å². The van der Waals surface area contributed by atoms with E-state index in [1.807, 2.05) is 24.3 Å². The van der Waals surface area contributed by atoms with E-state index in [4.69, 9.17) is 23.2 Å². The minimum Gasteiger partial charge on any atom is -0.355 e. The first kappa shape index (κ1) is 22.7. The highest BCUT2D eigenvalue weighted by atomic mass is 35.5. The molecule has 4 rings (SSSR count). The van der Waals surface area contributed by atoms with E-state index in [1.54, 1.807) is 6.07 Å². The number of carbonyl (C=O) groups is 1. The first-order valence-electron chi connectivity index (χ1n) is 10.9. The maximum absolute atomic E-state index is 13.2. The van der Waals surface area contributed by atoms with Crippen molar-refractivity contribution in [1.82, 2.24) is 5.32 Å². The largest absolute Gasteiger partial charge is 0.355 e. The Kier molecular flexibility index (Phi) is 6.50. The van der Waals surface area contributed by atoms with Gasteiger partial charge in [0.1, 0.15) is 6.04 Å². The highest BCUT2D eigenvalue weighted by molar-refractivity contribution is 6.35. The summed E-state index contributed by atoms with van der Waals surface area (Å²) in [5.74, 6) is 0.0196. The molecule has 0 saturated carbocycles. The van der Waals surface area contributed by atoms with Crippen LogP contribution in [0.3, 0.4) is 0 Å². The summed E-state index contributed by atoms with van der Waals surface area (Å²) in [5, 5.41) is 4.35. The summed E-state index contributed by atoms with van der Waals surface area (Å²) < 4.78 is 0. The summed E-state index contributed by atoms with van der Waals surface area (Å²) >= 11 is 12.5. The third-order valence-corrected chi connectivity index (χ3v) is 6.62. The maximum atomic E-state index is 13.2. The van der Waals surface area contributed by atoms with Crippen molar-refractivity contribution in [3.63, 3.8) is 0 Å². The van der Waals surface area contributed by atoms with E-state index in [9.17, 15) is 4.79 Å². The second-order valence-electron chi connectivity index (χ2n) is 9.38. The number of fused-ring (bicyclic) bond motifs is 1. The average molecular weight is 467 g/mol. The van der Waals surface area contributed by atoms with Crippen molar-refractivity contribution >= 4 is 34.8 Å². The van der Waals surface area contributed by atoms with Crippen molar-refractivity contribution in [3.8, 4) is 0 Å². The van der Waals surface area contributed by atoms with Gasteiger partial charge in [0.25, 0.3) is 0 Å². The van der Waals surface area contributed by atoms with Crippen molar-refractivity contribution in [2.24, 2.45) is 0 Å². The second-order valence-corrected chi connectivity index (χ2v) is 10.2. The molecule has 0 spiro atoms. The molecule has 1 N–H and O–H groups in total. The Labute approximate surface area is 200 Å². The average Bonchev–Trinajstić information content (AvgIpc) is 3.12. The second kappa shape index (κ2) is 9.17. The molecule has 166 valence electrons. The lowest BCUT2D eigenvalue weighted by atomic mass is 9.87. The van der Waals surface area contributed by atoms with Crippen molar-refractivity contribution in [3.05, 3.63) is 99.0 Å². The Bertz CT molecular complexity index is 1120. The molecular formula is C27H28Cl2N2O. The number of para-hydroxylation sites is 1. The standard InChI is InChI=1S/C27H28Cl2N2O/c1-27(2,3)21-11-8-18(9-12-21)16-30-26(32)25-14-19-6-4-5-7-24(19)31(25)17-20-10-13-22(28)15-23(20)29/h4-13,15,25H,14,16-17H2,1-3H3,(H,30,32). The number of benzene rings is 3. The molecule has 0 radical (unpaired) electrons. The molecule has 1 heterocycles. The molecule has 3 aromatic rings. The highest BCUT2D eigenvalue weighted by Crippen LogP contribution is 2.35. The van der Waals surface area contributed by atoms with Gasteiger partial charge in [-0.2, -0.15) is 0 Å². The predicted molar refractivity (Wildman–Crippen MR) is 134 cm³/mol. The van der Waals surface area contributed by atoms with E-state index in [0.29, 0.717) is 29.6 Å². The third kappa shape index (κ3) is 4.95. The van der Waals surface area contributed by atoms with Crippen LogP contribution in [0.4, 0.5) is 5.69 Å². The van der Waals surface area contributed by atoms with Gasteiger partial charge in [0.05, 0.1) is 0 Å². The number of nitrogens with one attached hydrogen (secondary N) is 1. The molecule has 1 unspecified atom stereocenters. The normalized spacial score (nSPS) is 15.5. The Balaban J connectivity index is 1.50. The number of nitrogens with zero attached hydrogens (tertiary/aromatic N) is 1. The molecule has 0 fully saturated rings. The van der Waals surface area contributed by atoms with Gasteiger partial charge in [-0.25, -0.2) is 0 Å². The Morgan fingerprint density at radius 1 is 1.03 bits per heavy atom. The summed E-state index contributed by atoms with van der Waals surface area (Å²) in [6, 6.07) is 21.9. The fourth-order valence-electron chi connectivity index (χ4n) is 4.14. The molecule has 0 aliphatic carbocycles. The van der Waals surface area contributed by atoms with E-state index in [1.165, 1.54) is 11.1 Å². The zero-order valence-electron chi connectivity index (χ0n) is 18.7. The van der Waals surface area contributed by atoms with Gasteiger partial charge in [-0.15, -0.1) is 0 Å². The van der Waals surface area contributed by atoms with Gasteiger partial charge in [-0.05, 0) is 45.9 Å². The van der Waals surface area contributed by atoms with Crippen LogP contribution in [0.2, 0.25) is 10.0 Å². The molecule has 3 aromatic carbocycles. The molecule has 1 aliphatic heterocycles. The molecule has 3 nitrogen and oxygen atoms in total. The quantitative estimate of drug-likeness (QED) is 0.462. The van der Waals surface area contributed by atoms with Crippen LogP contribution in [0.15, 0.2) is 66.7 Å². The lowest BCUT2D eigenvalue weighted by Gasteiger charge is -2.27. The summed E-state index contributed by atoms with van der Waals surface area (Å²) in [6.07, 6.45) is 0.677. The molecule has 0 saturated heterocycles. The van der Waals surface area contributed by atoms with E-state index >= 15 is 0 Å². The van der Waals surface area contributed by atoms with Crippen LogP contribution in [0.1, 0.15) is 43.0 Å². The fourth-order valence-corrected chi connectivity index (χ4v) is 4.61. The number of carbonyl (C=O) groups excluding carboxylic acids is 1. The number of hydrogen-bond donors (Lipinski definition) is 1. The first-order chi connectivity index (χ1) is 15.2. The lowest BCUT2D eigenvalue weighted by molar-refractivity contribution is -0.122. The molecule has 0 aromatic heterocycles. The van der Waals surface area contributed by atoms with Crippen LogP contribution >= 0.6 is 23.2 Å². The Morgan fingerprint density at radius 2 is 1.75 bits per heavy atom. The highest BCUT2D eigenvalue weighted by Gasteiger charge is 2.34. The number of rotatable bonds is 5. The number of amides is 1. The smallest absolute Gasteiger partial charge is 0.243 e. The van der Waals surface area contributed by atoms with Gasteiger partial charge in [0, 0.05) is 35.2 Å². The van der Waals surface area contributed by atoms with Gasteiger partial charge in [-0.3, -0.25) is 4.79 Å². The summed E-state index contributed by atoms with van der Waals surface area (Å²) in [5.41, 5.74) is 5.68. The van der Waals surface area contributed by atoms with Crippen LogP contribution < -0.4 is 10.2 Å². The Morgan fingerprint density at radius 3 is 2.44 bits per heavy atom. The monoisotopic (exact) mass is 466 g/mol. The van der Waals surface area contributed by atoms with Gasteiger partial charge >= 0.3 is 0 Å². The van der Waals surface area contributed by atoms with Gasteiger partial charge in [-0.1, -0.05) is 92.5 Å². The van der Waals surface area contributed by atoms with E-state index in [2.05, 4.69) is 67.4 Å². The topological polar surface area (TPSA) is 32.3 Å². The zero-order valence-corrected chi connectivity index (χ0v) is 20.2. The van der Waals surface area contributed by atoms with E-state index < -0.39 is 0 Å².